The van der Waals surface area contributed by atoms with E-state index in [0.717, 1.165) is 42.0 Å². The molecule has 0 saturated carbocycles. The summed E-state index contributed by atoms with van der Waals surface area (Å²) < 4.78 is 17.3. The zero-order valence-corrected chi connectivity index (χ0v) is 22.6. The lowest BCUT2D eigenvalue weighted by molar-refractivity contribution is 0.107. The van der Waals surface area contributed by atoms with Crippen LogP contribution in [0.4, 0.5) is 0 Å². The number of aliphatic hydroxyl groups is 1. The summed E-state index contributed by atoms with van der Waals surface area (Å²) in [6, 6.07) is 6.78. The van der Waals surface area contributed by atoms with Crippen molar-refractivity contribution < 1.29 is 19.3 Å². The summed E-state index contributed by atoms with van der Waals surface area (Å²) in [7, 11) is 3.83. The van der Waals surface area contributed by atoms with Crippen molar-refractivity contribution in [2.75, 3.05) is 27.5 Å². The Morgan fingerprint density at radius 3 is 2.60 bits per heavy atom. The number of methoxy groups -OCH3 is 1. The van der Waals surface area contributed by atoms with Gasteiger partial charge in [0.2, 0.25) is 12.5 Å². The topological polar surface area (TPSA) is 51.2 Å². The van der Waals surface area contributed by atoms with Crippen LogP contribution < -0.4 is 14.2 Å². The molecule has 35 heavy (non-hydrogen) atoms. The summed E-state index contributed by atoms with van der Waals surface area (Å²) in [5.41, 5.74) is 7.59. The highest BCUT2D eigenvalue weighted by molar-refractivity contribution is 5.62. The first-order chi connectivity index (χ1) is 16.5. The molecular formula is C30H41NO4. The van der Waals surface area contributed by atoms with Gasteiger partial charge in [-0.3, -0.25) is 4.90 Å². The summed E-state index contributed by atoms with van der Waals surface area (Å²) in [4.78, 5) is 2.33. The molecule has 1 N–H and O–H groups in total. The van der Waals surface area contributed by atoms with Gasteiger partial charge in [0.15, 0.2) is 11.5 Å². The van der Waals surface area contributed by atoms with Gasteiger partial charge in [-0.05, 0) is 83.9 Å². The molecule has 190 valence electrons. The number of benzene rings is 2. The van der Waals surface area contributed by atoms with Crippen LogP contribution >= 0.6 is 0 Å². The van der Waals surface area contributed by atoms with Gasteiger partial charge in [0.1, 0.15) is 0 Å². The van der Waals surface area contributed by atoms with Crippen LogP contribution in [-0.4, -0.2) is 37.5 Å². The van der Waals surface area contributed by atoms with E-state index < -0.39 is 6.10 Å². The Morgan fingerprint density at radius 1 is 1.14 bits per heavy atom. The molecule has 0 fully saturated rings. The standard InChI is InChI=1S/C30H41NO4/c1-17-11-22-21(29(3,4)15-18(2)30(22,5)6)13-20(17)24(32)14-23-26-19(9-10-31(23)7)12-25-27(28(26)33-8)35-16-34-25/h11-13,18,23-24,32H,9-10,14-16H2,1-8H3/t18-,23-,24+/m0/s1. The lowest BCUT2D eigenvalue weighted by atomic mass is 9.58. The molecule has 0 radical (unpaired) electrons. The zero-order valence-electron chi connectivity index (χ0n) is 22.6. The number of aryl methyl sites for hydroxylation is 1. The first-order valence-corrected chi connectivity index (χ1v) is 13.0. The first kappa shape index (κ1) is 24.5. The maximum atomic E-state index is 11.7. The van der Waals surface area contributed by atoms with Crippen LogP contribution in [0.5, 0.6) is 17.2 Å². The quantitative estimate of drug-likeness (QED) is 0.585. The Balaban J connectivity index is 1.54. The molecule has 2 aromatic carbocycles. The Kier molecular flexibility index (Phi) is 5.88. The van der Waals surface area contributed by atoms with Gasteiger partial charge in [-0.15, -0.1) is 0 Å². The van der Waals surface area contributed by atoms with Gasteiger partial charge in [-0.25, -0.2) is 0 Å². The van der Waals surface area contributed by atoms with Crippen LogP contribution in [0.1, 0.15) is 93.0 Å². The van der Waals surface area contributed by atoms with E-state index in [2.05, 4.69) is 71.7 Å². The molecule has 5 nitrogen and oxygen atoms in total. The highest BCUT2D eigenvalue weighted by Gasteiger charge is 2.43. The maximum Gasteiger partial charge on any atom is 0.231 e. The van der Waals surface area contributed by atoms with Crippen LogP contribution in [0.3, 0.4) is 0 Å². The lowest BCUT2D eigenvalue weighted by Gasteiger charge is -2.47. The molecule has 2 aliphatic heterocycles. The van der Waals surface area contributed by atoms with Gasteiger partial charge in [0.25, 0.3) is 0 Å². The first-order valence-electron chi connectivity index (χ1n) is 13.0. The predicted molar refractivity (Wildman–Crippen MR) is 139 cm³/mol. The fourth-order valence-corrected chi connectivity index (χ4v) is 6.73. The van der Waals surface area contributed by atoms with Gasteiger partial charge in [0, 0.05) is 18.2 Å². The average molecular weight is 480 g/mol. The molecule has 5 heteroatoms. The number of fused-ring (bicyclic) bond motifs is 3. The van der Waals surface area contributed by atoms with E-state index in [4.69, 9.17) is 14.2 Å². The van der Waals surface area contributed by atoms with Gasteiger partial charge in [-0.2, -0.15) is 0 Å². The number of nitrogens with zero attached hydrogens (tertiary/aromatic N) is 1. The SMILES string of the molecule is COc1c2c(cc3c1[C@H](C[C@@H](O)c1cc4c(cc1C)C(C)(C)[C@@H](C)CC4(C)C)N(C)CC3)OCO2. The predicted octanol–water partition coefficient (Wildman–Crippen LogP) is 5.98. The third-order valence-corrected chi connectivity index (χ3v) is 9.23. The number of aliphatic hydroxyl groups excluding tert-OH is 1. The maximum absolute atomic E-state index is 11.7. The minimum atomic E-state index is -0.577. The van der Waals surface area contributed by atoms with Crippen LogP contribution in [0.15, 0.2) is 18.2 Å². The van der Waals surface area contributed by atoms with Crippen molar-refractivity contribution in [2.24, 2.45) is 5.92 Å². The van der Waals surface area contributed by atoms with Crippen LogP contribution in [0.2, 0.25) is 0 Å². The second kappa shape index (κ2) is 8.41. The summed E-state index contributed by atoms with van der Waals surface area (Å²) in [5.74, 6) is 2.80. The second-order valence-corrected chi connectivity index (χ2v) is 12.2. The Labute approximate surface area is 210 Å². The van der Waals surface area contributed by atoms with E-state index >= 15 is 0 Å². The Bertz CT molecular complexity index is 1150. The third-order valence-electron chi connectivity index (χ3n) is 9.23. The second-order valence-electron chi connectivity index (χ2n) is 12.2. The highest BCUT2D eigenvalue weighted by atomic mass is 16.7. The van der Waals surface area contributed by atoms with Crippen molar-refractivity contribution in [1.29, 1.82) is 0 Å². The minimum Gasteiger partial charge on any atom is -0.492 e. The molecule has 0 spiro atoms. The normalized spacial score (nSPS) is 25.1. The van der Waals surface area contributed by atoms with Crippen molar-refractivity contribution >= 4 is 0 Å². The summed E-state index contributed by atoms with van der Waals surface area (Å²) >= 11 is 0. The molecule has 0 aromatic heterocycles. The Hall–Kier alpha value is -2.24. The molecule has 2 heterocycles. The van der Waals surface area contributed by atoms with Crippen molar-refractivity contribution in [1.82, 2.24) is 4.90 Å². The monoisotopic (exact) mass is 479 g/mol. The number of likely N-dealkylation sites (N-methyl/N-ethyl adjacent to an activating group) is 1. The van der Waals surface area contributed by atoms with Crippen molar-refractivity contribution in [3.8, 4) is 17.2 Å². The smallest absolute Gasteiger partial charge is 0.231 e. The molecule has 0 amide bonds. The summed E-state index contributed by atoms with van der Waals surface area (Å²) in [6.07, 6.45) is 2.09. The molecule has 5 rings (SSSR count). The molecule has 3 aliphatic rings. The van der Waals surface area contributed by atoms with E-state index in [1.54, 1.807) is 7.11 Å². The van der Waals surface area contributed by atoms with E-state index in [9.17, 15) is 5.11 Å². The van der Waals surface area contributed by atoms with Crippen molar-refractivity contribution in [3.05, 3.63) is 51.6 Å². The van der Waals surface area contributed by atoms with Gasteiger partial charge >= 0.3 is 0 Å². The molecule has 0 saturated heterocycles. The lowest BCUT2D eigenvalue weighted by Crippen LogP contribution is -2.40. The molecule has 2 aromatic rings. The molecule has 0 unspecified atom stereocenters. The van der Waals surface area contributed by atoms with Gasteiger partial charge in [0.05, 0.1) is 13.2 Å². The molecule has 0 bridgehead atoms. The number of rotatable bonds is 4. The van der Waals surface area contributed by atoms with E-state index in [0.29, 0.717) is 18.1 Å². The number of hydrogen-bond donors (Lipinski definition) is 1. The fourth-order valence-electron chi connectivity index (χ4n) is 6.73. The third kappa shape index (κ3) is 3.82. The fraction of sp³-hybridized carbons (Fsp3) is 0.600. The summed E-state index contributed by atoms with van der Waals surface area (Å²) in [5, 5.41) is 11.7. The number of ether oxygens (including phenoxy) is 3. The highest BCUT2D eigenvalue weighted by Crippen LogP contribution is 2.52. The van der Waals surface area contributed by atoms with E-state index in [1.165, 1.54) is 22.3 Å². The van der Waals surface area contributed by atoms with Crippen LogP contribution in [0, 0.1) is 12.8 Å². The Morgan fingerprint density at radius 2 is 1.89 bits per heavy atom. The molecule has 3 atom stereocenters. The van der Waals surface area contributed by atoms with Gasteiger partial charge < -0.3 is 19.3 Å². The van der Waals surface area contributed by atoms with Crippen LogP contribution in [0.25, 0.3) is 0 Å². The van der Waals surface area contributed by atoms with E-state index in [1.807, 2.05) is 0 Å². The van der Waals surface area contributed by atoms with Crippen molar-refractivity contribution in [3.63, 3.8) is 0 Å². The van der Waals surface area contributed by atoms with Crippen LogP contribution in [-0.2, 0) is 17.3 Å². The number of hydrogen-bond acceptors (Lipinski definition) is 5. The van der Waals surface area contributed by atoms with Gasteiger partial charge in [-0.1, -0.05) is 46.8 Å². The minimum absolute atomic E-state index is 0.0260. The zero-order chi connectivity index (χ0) is 25.3. The molecular weight excluding hydrogens is 438 g/mol. The van der Waals surface area contributed by atoms with Crippen molar-refractivity contribution in [2.45, 2.75) is 83.8 Å². The van der Waals surface area contributed by atoms with E-state index in [-0.39, 0.29) is 23.7 Å². The average Bonchev–Trinajstić information content (AvgIpc) is 3.26. The molecule has 1 aliphatic carbocycles. The largest absolute Gasteiger partial charge is 0.492 e. The summed E-state index contributed by atoms with van der Waals surface area (Å²) in [6.45, 7) is 15.1.